The summed E-state index contributed by atoms with van der Waals surface area (Å²) in [6, 6.07) is 12.3. The van der Waals surface area contributed by atoms with Gasteiger partial charge in [0.25, 0.3) is 0 Å². The van der Waals surface area contributed by atoms with Crippen molar-refractivity contribution >= 4 is 11.4 Å². The largest absolute Gasteiger partial charge is 0.505 e. The number of aromatic nitrogens is 1. The topological polar surface area (TPSA) is 56.6 Å². The average molecular weight is 285 g/mol. The molecule has 1 aromatic heterocycles. The fourth-order valence-corrected chi connectivity index (χ4v) is 2.39. The van der Waals surface area contributed by atoms with Crippen molar-refractivity contribution < 1.29 is 10.2 Å². The molecule has 1 aromatic carbocycles. The molecule has 0 saturated heterocycles. The van der Waals surface area contributed by atoms with Crippen molar-refractivity contribution in [2.75, 3.05) is 11.4 Å². The Morgan fingerprint density at radius 3 is 2.48 bits per heavy atom. The zero-order chi connectivity index (χ0) is 15.2. The standard InChI is InChI=1S/C17H21N2O2/c1-3-5-11-14-17(15(20)12-16(21)18-14)19(4-2)13-9-7-6-8-10-13/h6-10H,3-5,11H2,1-2H3,(H2,18,20,21). The SMILES string of the molecule is CCCCc1nc(O)[c]c(O)c1N(CC)c1ccccc1. The van der Waals surface area contributed by atoms with E-state index in [2.05, 4.69) is 18.0 Å². The van der Waals surface area contributed by atoms with E-state index in [4.69, 9.17) is 0 Å². The number of aromatic hydroxyl groups is 2. The molecule has 0 spiro atoms. The summed E-state index contributed by atoms with van der Waals surface area (Å²) in [6.45, 7) is 4.81. The first kappa shape index (κ1) is 15.2. The number of para-hydroxylation sites is 1. The van der Waals surface area contributed by atoms with Crippen LogP contribution in [0.2, 0.25) is 0 Å². The van der Waals surface area contributed by atoms with Gasteiger partial charge < -0.3 is 15.1 Å². The van der Waals surface area contributed by atoms with E-state index in [9.17, 15) is 10.2 Å². The van der Waals surface area contributed by atoms with Crippen LogP contribution in [0.1, 0.15) is 32.4 Å². The lowest BCUT2D eigenvalue weighted by molar-refractivity contribution is 0.430. The normalized spacial score (nSPS) is 10.6. The molecule has 1 radical (unpaired) electrons. The maximum Gasteiger partial charge on any atom is 0.223 e. The third kappa shape index (κ3) is 3.45. The van der Waals surface area contributed by atoms with E-state index < -0.39 is 0 Å². The van der Waals surface area contributed by atoms with Gasteiger partial charge in [0.15, 0.2) is 5.75 Å². The Balaban J connectivity index is 2.49. The lowest BCUT2D eigenvalue weighted by atomic mass is 10.1. The number of hydrogen-bond donors (Lipinski definition) is 2. The molecule has 0 aliphatic heterocycles. The molecule has 21 heavy (non-hydrogen) atoms. The zero-order valence-electron chi connectivity index (χ0n) is 12.5. The van der Waals surface area contributed by atoms with Gasteiger partial charge in [-0.05, 0) is 31.9 Å². The van der Waals surface area contributed by atoms with Crippen LogP contribution in [0.3, 0.4) is 0 Å². The highest BCUT2D eigenvalue weighted by Gasteiger charge is 2.19. The molecule has 0 aliphatic rings. The summed E-state index contributed by atoms with van der Waals surface area (Å²) in [5.74, 6) is -0.314. The van der Waals surface area contributed by atoms with Gasteiger partial charge in [-0.2, -0.15) is 0 Å². The molecule has 0 bridgehead atoms. The second kappa shape index (κ2) is 6.97. The molecule has 4 heteroatoms. The number of rotatable bonds is 6. The highest BCUT2D eigenvalue weighted by Crippen LogP contribution is 2.37. The average Bonchev–Trinajstić information content (AvgIpc) is 2.49. The quantitative estimate of drug-likeness (QED) is 0.847. The third-order valence-corrected chi connectivity index (χ3v) is 3.39. The van der Waals surface area contributed by atoms with Crippen molar-refractivity contribution in [2.45, 2.75) is 33.1 Å². The second-order valence-electron chi connectivity index (χ2n) is 4.89. The summed E-state index contributed by atoms with van der Waals surface area (Å²) in [5, 5.41) is 19.8. The summed E-state index contributed by atoms with van der Waals surface area (Å²) in [4.78, 5) is 6.15. The third-order valence-electron chi connectivity index (χ3n) is 3.39. The Kier molecular flexibility index (Phi) is 5.04. The smallest absolute Gasteiger partial charge is 0.223 e. The molecule has 2 aromatic rings. The van der Waals surface area contributed by atoms with Crippen LogP contribution in [0.25, 0.3) is 0 Å². The summed E-state index contributed by atoms with van der Waals surface area (Å²) >= 11 is 0. The van der Waals surface area contributed by atoms with Crippen LogP contribution >= 0.6 is 0 Å². The van der Waals surface area contributed by atoms with Crippen molar-refractivity contribution in [3.05, 3.63) is 42.1 Å². The van der Waals surface area contributed by atoms with Gasteiger partial charge in [-0.25, -0.2) is 4.98 Å². The molecule has 2 N–H and O–H groups in total. The van der Waals surface area contributed by atoms with Crippen LogP contribution in [0.15, 0.2) is 30.3 Å². The Morgan fingerprint density at radius 1 is 1.14 bits per heavy atom. The van der Waals surface area contributed by atoms with Crippen LogP contribution in [0, 0.1) is 6.07 Å². The predicted molar refractivity (Wildman–Crippen MR) is 84.1 cm³/mol. The van der Waals surface area contributed by atoms with E-state index in [0.717, 1.165) is 18.5 Å². The van der Waals surface area contributed by atoms with Gasteiger partial charge in [0.05, 0.1) is 11.8 Å². The molecular formula is C17H21N2O2. The maximum absolute atomic E-state index is 10.2. The zero-order valence-corrected chi connectivity index (χ0v) is 12.5. The number of benzene rings is 1. The van der Waals surface area contributed by atoms with Gasteiger partial charge in [-0.15, -0.1) is 0 Å². The van der Waals surface area contributed by atoms with Crippen molar-refractivity contribution in [3.63, 3.8) is 0 Å². The number of anilines is 2. The van der Waals surface area contributed by atoms with Crippen LogP contribution in [-0.4, -0.2) is 21.7 Å². The molecule has 0 saturated carbocycles. The van der Waals surface area contributed by atoms with Crippen molar-refractivity contribution in [1.29, 1.82) is 0 Å². The highest BCUT2D eigenvalue weighted by atomic mass is 16.3. The number of unbranched alkanes of at least 4 members (excludes halogenated alkanes) is 1. The first-order valence-electron chi connectivity index (χ1n) is 7.34. The van der Waals surface area contributed by atoms with E-state index in [0.29, 0.717) is 24.3 Å². The first-order chi connectivity index (χ1) is 10.2. The molecule has 0 atom stereocenters. The van der Waals surface area contributed by atoms with Gasteiger partial charge in [0, 0.05) is 12.2 Å². The number of nitrogens with zero attached hydrogens (tertiary/aromatic N) is 2. The second-order valence-corrected chi connectivity index (χ2v) is 4.89. The molecule has 0 unspecified atom stereocenters. The fourth-order valence-electron chi connectivity index (χ4n) is 2.39. The minimum Gasteiger partial charge on any atom is -0.505 e. The van der Waals surface area contributed by atoms with Gasteiger partial charge >= 0.3 is 0 Å². The minimum absolute atomic E-state index is 0.0562. The van der Waals surface area contributed by atoms with Gasteiger partial charge in [-0.3, -0.25) is 0 Å². The Bertz CT molecular complexity index is 585. The lowest BCUT2D eigenvalue weighted by Crippen LogP contribution is -2.18. The molecule has 0 amide bonds. The van der Waals surface area contributed by atoms with Gasteiger partial charge in [0.1, 0.15) is 5.69 Å². The van der Waals surface area contributed by atoms with Crippen LogP contribution in [-0.2, 0) is 6.42 Å². The first-order valence-corrected chi connectivity index (χ1v) is 7.34. The predicted octanol–water partition coefficient (Wildman–Crippen LogP) is 3.79. The van der Waals surface area contributed by atoms with Crippen molar-refractivity contribution in [1.82, 2.24) is 4.98 Å². The van der Waals surface area contributed by atoms with Gasteiger partial charge in [0.2, 0.25) is 5.88 Å². The molecule has 0 aliphatic carbocycles. The van der Waals surface area contributed by atoms with E-state index in [1.807, 2.05) is 42.2 Å². The summed E-state index contributed by atoms with van der Waals surface area (Å²) in [6.07, 6.45) is 2.69. The van der Waals surface area contributed by atoms with Crippen LogP contribution in [0.4, 0.5) is 11.4 Å². The molecule has 2 rings (SSSR count). The molecule has 4 nitrogen and oxygen atoms in total. The van der Waals surface area contributed by atoms with Crippen LogP contribution in [0.5, 0.6) is 11.6 Å². The van der Waals surface area contributed by atoms with Crippen molar-refractivity contribution in [2.24, 2.45) is 0 Å². The Labute approximate surface area is 125 Å². The lowest BCUT2D eigenvalue weighted by Gasteiger charge is -2.26. The van der Waals surface area contributed by atoms with Gasteiger partial charge in [-0.1, -0.05) is 31.5 Å². The van der Waals surface area contributed by atoms with Crippen molar-refractivity contribution in [3.8, 4) is 11.6 Å². The number of pyridine rings is 1. The fraction of sp³-hybridized carbons (Fsp3) is 0.353. The summed E-state index contributed by atoms with van der Waals surface area (Å²) in [5.41, 5.74) is 2.32. The Morgan fingerprint density at radius 2 is 1.86 bits per heavy atom. The molecule has 111 valence electrons. The molecule has 0 fully saturated rings. The monoisotopic (exact) mass is 285 g/mol. The van der Waals surface area contributed by atoms with E-state index in [1.54, 1.807) is 0 Å². The summed E-state index contributed by atoms with van der Waals surface area (Å²) < 4.78 is 0. The number of hydrogen-bond acceptors (Lipinski definition) is 4. The number of aryl methyl sites for hydroxylation is 1. The van der Waals surface area contributed by atoms with E-state index in [1.165, 1.54) is 0 Å². The highest BCUT2D eigenvalue weighted by molar-refractivity contribution is 5.71. The van der Waals surface area contributed by atoms with Crippen LogP contribution < -0.4 is 4.90 Å². The Hall–Kier alpha value is -2.23. The molecular weight excluding hydrogens is 264 g/mol. The molecule has 1 heterocycles. The maximum atomic E-state index is 10.2. The minimum atomic E-state index is -0.258. The van der Waals surface area contributed by atoms with E-state index >= 15 is 0 Å². The van der Waals surface area contributed by atoms with E-state index in [-0.39, 0.29) is 11.6 Å². The summed E-state index contributed by atoms with van der Waals surface area (Å²) in [7, 11) is 0.